The Hall–Kier alpha value is -1.27. The van der Waals surface area contributed by atoms with Gasteiger partial charge in [0.2, 0.25) is 11.8 Å². The number of nitrogens with zero attached hydrogens (tertiary/aromatic N) is 1. The minimum absolute atomic E-state index is 0.0315. The summed E-state index contributed by atoms with van der Waals surface area (Å²) in [5.41, 5.74) is 0. The molecule has 0 unspecified atom stereocenters. The maximum atomic E-state index is 12.1. The molecule has 0 spiro atoms. The quantitative estimate of drug-likeness (QED) is 0.849. The lowest BCUT2D eigenvalue weighted by Crippen LogP contribution is -2.50. The largest absolute Gasteiger partial charge is 0.405 e. The van der Waals surface area contributed by atoms with E-state index in [1.165, 1.54) is 4.90 Å². The van der Waals surface area contributed by atoms with Crippen LogP contribution in [0.4, 0.5) is 13.2 Å². The number of likely N-dealkylation sites (tertiary alicyclic amines) is 1. The summed E-state index contributed by atoms with van der Waals surface area (Å²) in [6.45, 7) is -0.868. The first-order valence-corrected chi connectivity index (χ1v) is 6.53. The van der Waals surface area contributed by atoms with Gasteiger partial charge in [-0.2, -0.15) is 13.2 Å². The highest BCUT2D eigenvalue weighted by atomic mass is 19.4. The van der Waals surface area contributed by atoms with E-state index in [-0.39, 0.29) is 11.8 Å². The number of alkyl halides is 3. The van der Waals surface area contributed by atoms with E-state index in [4.69, 9.17) is 0 Å². The van der Waals surface area contributed by atoms with E-state index in [1.54, 1.807) is 0 Å². The van der Waals surface area contributed by atoms with Crippen molar-refractivity contribution in [3.63, 3.8) is 0 Å². The average Bonchev–Trinajstić information content (AvgIpc) is 2.71. The lowest BCUT2D eigenvalue weighted by Gasteiger charge is -2.32. The minimum Gasteiger partial charge on any atom is -0.345 e. The van der Waals surface area contributed by atoms with Crippen LogP contribution in [0.5, 0.6) is 0 Å². The summed E-state index contributed by atoms with van der Waals surface area (Å²) < 4.78 is 36.2. The smallest absolute Gasteiger partial charge is 0.345 e. The van der Waals surface area contributed by atoms with E-state index in [0.29, 0.717) is 19.4 Å². The number of carbonyl (C=O) groups excluding carboxylic acids is 2. The number of hydrogen-bond donors (Lipinski definition) is 1. The van der Waals surface area contributed by atoms with Gasteiger partial charge < -0.3 is 10.2 Å². The third kappa shape index (κ3) is 3.39. The van der Waals surface area contributed by atoms with Crippen molar-refractivity contribution in [2.45, 2.75) is 44.3 Å². The fraction of sp³-hybridized carbons (Fsp3) is 0.833. The molecule has 7 heteroatoms. The Bertz CT molecular complexity index is 366. The van der Waals surface area contributed by atoms with Crippen LogP contribution in [0.1, 0.15) is 32.1 Å². The number of amides is 2. The van der Waals surface area contributed by atoms with Crippen molar-refractivity contribution in [2.24, 2.45) is 5.92 Å². The second kappa shape index (κ2) is 5.38. The highest BCUT2D eigenvalue weighted by Gasteiger charge is 2.39. The Morgan fingerprint density at radius 2 is 1.84 bits per heavy atom. The summed E-state index contributed by atoms with van der Waals surface area (Å²) in [6, 6.07) is -0.726. The van der Waals surface area contributed by atoms with Crippen LogP contribution in [0.25, 0.3) is 0 Å². The van der Waals surface area contributed by atoms with Crippen molar-refractivity contribution in [2.75, 3.05) is 13.1 Å². The monoisotopic (exact) mass is 278 g/mol. The predicted molar refractivity (Wildman–Crippen MR) is 61.1 cm³/mol. The Balaban J connectivity index is 1.90. The van der Waals surface area contributed by atoms with Gasteiger partial charge in [0, 0.05) is 12.5 Å². The number of rotatable bonds is 3. The van der Waals surface area contributed by atoms with Crippen molar-refractivity contribution >= 4 is 11.8 Å². The molecule has 0 bridgehead atoms. The molecule has 4 nitrogen and oxygen atoms in total. The van der Waals surface area contributed by atoms with Crippen LogP contribution < -0.4 is 5.32 Å². The summed E-state index contributed by atoms with van der Waals surface area (Å²) in [4.78, 5) is 25.3. The van der Waals surface area contributed by atoms with Crippen LogP contribution in [0, 0.1) is 5.92 Å². The number of hydrogen-bond acceptors (Lipinski definition) is 2. The zero-order valence-corrected chi connectivity index (χ0v) is 10.5. The molecule has 1 aliphatic carbocycles. The molecule has 1 N–H and O–H groups in total. The molecule has 0 radical (unpaired) electrons. The van der Waals surface area contributed by atoms with Crippen LogP contribution in [-0.2, 0) is 9.59 Å². The molecule has 1 atom stereocenters. The van der Waals surface area contributed by atoms with Gasteiger partial charge in [-0.25, -0.2) is 0 Å². The van der Waals surface area contributed by atoms with Crippen molar-refractivity contribution in [3.05, 3.63) is 0 Å². The standard InChI is InChI=1S/C12H17F3N2O2/c13-12(14,15)7-16-10(18)9-5-2-6-17(9)11(19)8-3-1-4-8/h8-9H,1-7H2,(H,16,18)/t9-/m1/s1. The molecule has 2 fully saturated rings. The summed E-state index contributed by atoms with van der Waals surface area (Å²) in [7, 11) is 0. The van der Waals surface area contributed by atoms with E-state index in [0.717, 1.165) is 19.3 Å². The molecule has 0 aromatic carbocycles. The Kier molecular flexibility index (Phi) is 4.01. The van der Waals surface area contributed by atoms with Crippen LogP contribution in [-0.4, -0.2) is 42.0 Å². The van der Waals surface area contributed by atoms with Gasteiger partial charge in [0.15, 0.2) is 0 Å². The van der Waals surface area contributed by atoms with Crippen molar-refractivity contribution in [1.29, 1.82) is 0 Å². The molecular weight excluding hydrogens is 261 g/mol. The van der Waals surface area contributed by atoms with Crippen LogP contribution in [0.2, 0.25) is 0 Å². The summed E-state index contributed by atoms with van der Waals surface area (Å²) in [5.74, 6) is -0.797. The second-order valence-electron chi connectivity index (χ2n) is 5.15. The van der Waals surface area contributed by atoms with E-state index < -0.39 is 24.7 Å². The third-order valence-electron chi connectivity index (χ3n) is 3.76. The molecule has 108 valence electrons. The predicted octanol–water partition coefficient (Wildman–Crippen LogP) is 1.46. The minimum atomic E-state index is -4.42. The molecule has 1 aliphatic heterocycles. The molecule has 19 heavy (non-hydrogen) atoms. The lowest BCUT2D eigenvalue weighted by molar-refractivity contribution is -0.147. The molecule has 1 saturated heterocycles. The Morgan fingerprint density at radius 3 is 2.37 bits per heavy atom. The van der Waals surface area contributed by atoms with E-state index in [1.807, 2.05) is 5.32 Å². The summed E-state index contributed by atoms with van der Waals surface area (Å²) >= 11 is 0. The normalized spacial score (nSPS) is 24.2. The molecule has 1 saturated carbocycles. The number of carbonyl (C=O) groups is 2. The lowest BCUT2D eigenvalue weighted by atomic mass is 9.84. The molecular formula is C12H17F3N2O2. The van der Waals surface area contributed by atoms with E-state index in [2.05, 4.69) is 0 Å². The average molecular weight is 278 g/mol. The molecule has 2 amide bonds. The van der Waals surface area contributed by atoms with Gasteiger partial charge in [-0.05, 0) is 25.7 Å². The van der Waals surface area contributed by atoms with Gasteiger partial charge in [0.05, 0.1) is 0 Å². The van der Waals surface area contributed by atoms with Crippen molar-refractivity contribution < 1.29 is 22.8 Å². The highest BCUT2D eigenvalue weighted by molar-refractivity contribution is 5.89. The zero-order valence-electron chi connectivity index (χ0n) is 10.5. The first kappa shape index (κ1) is 14.1. The van der Waals surface area contributed by atoms with Gasteiger partial charge in [0.1, 0.15) is 12.6 Å². The summed E-state index contributed by atoms with van der Waals surface area (Å²) in [6.07, 6.45) is -0.643. The van der Waals surface area contributed by atoms with Gasteiger partial charge in [-0.15, -0.1) is 0 Å². The van der Waals surface area contributed by atoms with Crippen LogP contribution in [0.15, 0.2) is 0 Å². The molecule has 2 aliphatic rings. The Morgan fingerprint density at radius 1 is 1.16 bits per heavy atom. The number of nitrogens with one attached hydrogen (secondary N) is 1. The molecule has 0 aromatic heterocycles. The van der Waals surface area contributed by atoms with E-state index in [9.17, 15) is 22.8 Å². The summed E-state index contributed by atoms with van der Waals surface area (Å²) in [5, 5.41) is 1.87. The molecule has 0 aromatic rings. The topological polar surface area (TPSA) is 49.4 Å². The third-order valence-corrected chi connectivity index (χ3v) is 3.76. The van der Waals surface area contributed by atoms with Crippen LogP contribution in [0.3, 0.4) is 0 Å². The van der Waals surface area contributed by atoms with Crippen LogP contribution >= 0.6 is 0 Å². The zero-order chi connectivity index (χ0) is 14.0. The van der Waals surface area contributed by atoms with Crippen molar-refractivity contribution in [1.82, 2.24) is 10.2 Å². The first-order chi connectivity index (χ1) is 8.88. The number of halogens is 3. The van der Waals surface area contributed by atoms with Crippen molar-refractivity contribution in [3.8, 4) is 0 Å². The van der Waals surface area contributed by atoms with Gasteiger partial charge in [-0.3, -0.25) is 9.59 Å². The second-order valence-corrected chi connectivity index (χ2v) is 5.15. The van der Waals surface area contributed by atoms with E-state index >= 15 is 0 Å². The Labute approximate surface area is 109 Å². The van der Waals surface area contributed by atoms with Gasteiger partial charge in [0.25, 0.3) is 0 Å². The fourth-order valence-electron chi connectivity index (χ4n) is 2.50. The highest BCUT2D eigenvalue weighted by Crippen LogP contribution is 2.31. The molecule has 2 rings (SSSR count). The molecule has 1 heterocycles. The SMILES string of the molecule is O=C(NCC(F)(F)F)[C@H]1CCCN1C(=O)C1CCC1. The fourth-order valence-corrected chi connectivity index (χ4v) is 2.50. The van der Waals surface area contributed by atoms with Gasteiger partial charge in [-0.1, -0.05) is 6.42 Å². The van der Waals surface area contributed by atoms with Gasteiger partial charge >= 0.3 is 6.18 Å². The first-order valence-electron chi connectivity index (χ1n) is 6.53. The maximum Gasteiger partial charge on any atom is 0.405 e. The maximum absolute atomic E-state index is 12.1.